The highest BCUT2D eigenvalue weighted by Gasteiger charge is 2.55. The summed E-state index contributed by atoms with van der Waals surface area (Å²) in [5.74, 6) is -3.47. The Morgan fingerprint density at radius 1 is 1.15 bits per heavy atom. The summed E-state index contributed by atoms with van der Waals surface area (Å²) in [4.78, 5) is 61.2. The van der Waals surface area contributed by atoms with Crippen LogP contribution in [0.5, 0.6) is 5.75 Å². The second-order valence-corrected chi connectivity index (χ2v) is 14.1. The normalized spacial score (nSPS) is 22.6. The van der Waals surface area contributed by atoms with Gasteiger partial charge >= 0.3 is 5.97 Å². The Hall–Kier alpha value is -3.89. The highest BCUT2D eigenvalue weighted by Crippen LogP contribution is 2.51. The van der Waals surface area contributed by atoms with Gasteiger partial charge in [-0.25, -0.2) is 8.78 Å². The highest BCUT2D eigenvalue weighted by molar-refractivity contribution is 6.00. The van der Waals surface area contributed by atoms with Crippen LogP contribution >= 0.6 is 0 Å². The number of unbranched alkanes of at least 4 members (excludes halogenated alkanes) is 2. The maximum absolute atomic E-state index is 14.4. The van der Waals surface area contributed by atoms with Crippen molar-refractivity contribution in [2.75, 3.05) is 13.6 Å². The van der Waals surface area contributed by atoms with E-state index in [0.29, 0.717) is 37.8 Å². The van der Waals surface area contributed by atoms with Gasteiger partial charge in [-0.2, -0.15) is 0 Å². The van der Waals surface area contributed by atoms with Crippen LogP contribution in [0.4, 0.5) is 8.78 Å². The molecule has 1 aromatic heterocycles. The SMILES string of the molecule is CN=C(C)C[C@@]1(C)CC[C@H](C)N2C[C@@]1(C)n1cc(C(=O)NCc3ccc(F)cc3F)c(=O)c(OC(=O)CCCCCC(C)C)c1C2=O. The fraction of sp³-hybridized carbons (Fsp3) is 0.583. The zero-order valence-electron chi connectivity index (χ0n) is 28.7. The lowest BCUT2D eigenvalue weighted by molar-refractivity contribution is -0.134. The van der Waals surface area contributed by atoms with Gasteiger partial charge in [0.15, 0.2) is 5.69 Å². The van der Waals surface area contributed by atoms with Crippen molar-refractivity contribution in [3.63, 3.8) is 0 Å². The number of hydrogen-bond acceptors (Lipinski definition) is 6. The van der Waals surface area contributed by atoms with Crippen molar-refractivity contribution in [3.05, 3.63) is 63.1 Å². The first-order valence-electron chi connectivity index (χ1n) is 16.6. The van der Waals surface area contributed by atoms with Crippen LogP contribution in [0.3, 0.4) is 0 Å². The Morgan fingerprint density at radius 3 is 2.53 bits per heavy atom. The lowest BCUT2D eigenvalue weighted by Crippen LogP contribution is -2.60. The maximum atomic E-state index is 14.4. The predicted molar refractivity (Wildman–Crippen MR) is 177 cm³/mol. The number of nitrogens with one attached hydrogen (secondary N) is 1. The zero-order valence-corrected chi connectivity index (χ0v) is 28.7. The molecule has 0 spiro atoms. The first-order valence-corrected chi connectivity index (χ1v) is 16.6. The standard InChI is InChI=1S/C36H48F2N4O5/c1-22(2)11-9-8-10-12-29(43)47-32-30-34(46)41-21-36(6,35(5,16-15-24(41)4)18-23(3)39-7)42(30)20-27(31(32)44)33(45)40-19-25-13-14-26(37)17-28(25)38/h13-14,17,20,22,24H,8-12,15-16,18-19,21H2,1-7H3,(H,40,45)/t24-,35+,36+/m0/s1. The minimum atomic E-state index is -0.904. The van der Waals surface area contributed by atoms with Crippen LogP contribution in [-0.2, 0) is 16.9 Å². The Labute approximate surface area is 275 Å². The summed E-state index contributed by atoms with van der Waals surface area (Å²) in [7, 11) is 1.73. The number of fused-ring (bicyclic) bond motifs is 4. The van der Waals surface area contributed by atoms with Gasteiger partial charge in [0, 0.05) is 56.1 Å². The molecule has 2 bridgehead atoms. The van der Waals surface area contributed by atoms with Crippen LogP contribution in [0.2, 0.25) is 0 Å². The van der Waals surface area contributed by atoms with Crippen molar-refractivity contribution >= 4 is 23.5 Å². The number of ether oxygens (including phenoxy) is 1. The molecule has 256 valence electrons. The van der Waals surface area contributed by atoms with Crippen molar-refractivity contribution in [1.82, 2.24) is 14.8 Å². The van der Waals surface area contributed by atoms with Crippen LogP contribution < -0.4 is 15.5 Å². The third-order valence-corrected chi connectivity index (χ3v) is 10.2. The average molecular weight is 655 g/mol. The zero-order chi connectivity index (χ0) is 34.7. The molecule has 2 aliphatic heterocycles. The number of aliphatic imine (C=N–C) groups is 1. The fourth-order valence-corrected chi connectivity index (χ4v) is 6.87. The van der Waals surface area contributed by atoms with Gasteiger partial charge in [-0.3, -0.25) is 24.2 Å². The average Bonchev–Trinajstić information content (AvgIpc) is 3.09. The molecule has 0 radical (unpaired) electrons. The molecular formula is C36H48F2N4O5. The van der Waals surface area contributed by atoms with Gasteiger partial charge in [-0.15, -0.1) is 0 Å². The van der Waals surface area contributed by atoms with Crippen molar-refractivity contribution in [2.24, 2.45) is 16.3 Å². The van der Waals surface area contributed by atoms with Gasteiger partial charge in [0.25, 0.3) is 11.8 Å². The Morgan fingerprint density at radius 2 is 1.87 bits per heavy atom. The summed E-state index contributed by atoms with van der Waals surface area (Å²) < 4.78 is 35.2. The molecule has 2 aliphatic rings. The van der Waals surface area contributed by atoms with Gasteiger partial charge in [0.05, 0.1) is 5.54 Å². The van der Waals surface area contributed by atoms with Gasteiger partial charge < -0.3 is 19.5 Å². The number of halogens is 2. The van der Waals surface area contributed by atoms with E-state index in [4.69, 9.17) is 4.74 Å². The molecule has 2 aromatic rings. The molecule has 47 heavy (non-hydrogen) atoms. The van der Waals surface area contributed by atoms with E-state index >= 15 is 0 Å². The molecule has 0 aliphatic carbocycles. The lowest BCUT2D eigenvalue weighted by Gasteiger charge is -2.52. The van der Waals surface area contributed by atoms with Gasteiger partial charge in [-0.1, -0.05) is 46.1 Å². The molecule has 1 saturated heterocycles. The quantitative estimate of drug-likeness (QED) is 0.162. The van der Waals surface area contributed by atoms with Crippen LogP contribution in [-0.4, -0.2) is 52.6 Å². The molecule has 3 heterocycles. The molecule has 4 rings (SSSR count). The topological polar surface area (TPSA) is 110 Å². The molecule has 11 heteroatoms. The van der Waals surface area contributed by atoms with Crippen molar-refractivity contribution in [1.29, 1.82) is 0 Å². The molecule has 1 N–H and O–H groups in total. The van der Waals surface area contributed by atoms with Gasteiger partial charge in [-0.05, 0) is 63.9 Å². The van der Waals surface area contributed by atoms with Crippen LogP contribution in [0.15, 0.2) is 34.2 Å². The minimum Gasteiger partial charge on any atom is -0.420 e. The van der Waals surface area contributed by atoms with Crippen molar-refractivity contribution < 1.29 is 27.9 Å². The van der Waals surface area contributed by atoms with E-state index in [9.17, 15) is 28.0 Å². The van der Waals surface area contributed by atoms with E-state index in [1.54, 1.807) is 16.5 Å². The largest absolute Gasteiger partial charge is 0.420 e. The van der Waals surface area contributed by atoms with Crippen LogP contribution in [0.1, 0.15) is 119 Å². The van der Waals surface area contributed by atoms with Crippen LogP contribution in [0.25, 0.3) is 0 Å². The summed E-state index contributed by atoms with van der Waals surface area (Å²) in [6.07, 6.45) is 6.80. The number of benzene rings is 1. The fourth-order valence-electron chi connectivity index (χ4n) is 6.87. The summed E-state index contributed by atoms with van der Waals surface area (Å²) in [5, 5.41) is 2.55. The van der Waals surface area contributed by atoms with E-state index in [2.05, 4.69) is 31.1 Å². The molecular weight excluding hydrogens is 606 g/mol. The number of esters is 1. The van der Waals surface area contributed by atoms with Gasteiger partial charge in [0.2, 0.25) is 11.2 Å². The number of amides is 2. The first kappa shape index (κ1) is 36.0. The number of carbonyl (C=O) groups is 3. The van der Waals surface area contributed by atoms with Gasteiger partial charge in [0.1, 0.15) is 17.2 Å². The second kappa shape index (κ2) is 14.5. The highest BCUT2D eigenvalue weighted by atomic mass is 19.1. The number of hydrogen-bond donors (Lipinski definition) is 1. The molecule has 0 saturated carbocycles. The summed E-state index contributed by atoms with van der Waals surface area (Å²) >= 11 is 0. The first-order chi connectivity index (χ1) is 22.1. The van der Waals surface area contributed by atoms with E-state index < -0.39 is 51.6 Å². The molecule has 3 atom stereocenters. The number of carbonyl (C=O) groups excluding carboxylic acids is 3. The van der Waals surface area contributed by atoms with E-state index in [0.717, 1.165) is 37.5 Å². The number of nitrogens with zero attached hydrogens (tertiary/aromatic N) is 3. The molecule has 9 nitrogen and oxygen atoms in total. The third kappa shape index (κ3) is 7.49. The Bertz CT molecular complexity index is 1620. The van der Waals surface area contributed by atoms with E-state index in [1.165, 1.54) is 12.3 Å². The van der Waals surface area contributed by atoms with Crippen molar-refractivity contribution in [3.8, 4) is 5.75 Å². The maximum Gasteiger partial charge on any atom is 0.311 e. The van der Waals surface area contributed by atoms with E-state index in [1.807, 2.05) is 20.8 Å². The summed E-state index contributed by atoms with van der Waals surface area (Å²) in [5.41, 5.74) is -1.69. The molecule has 1 aromatic carbocycles. The Kier molecular flexibility index (Phi) is 11.1. The smallest absolute Gasteiger partial charge is 0.311 e. The predicted octanol–water partition coefficient (Wildman–Crippen LogP) is 6.41. The van der Waals surface area contributed by atoms with E-state index in [-0.39, 0.29) is 35.8 Å². The third-order valence-electron chi connectivity index (χ3n) is 10.2. The number of rotatable bonds is 12. The number of pyridine rings is 1. The summed E-state index contributed by atoms with van der Waals surface area (Å²) in [6.45, 7) is 12.3. The Balaban J connectivity index is 1.82. The molecule has 1 fully saturated rings. The minimum absolute atomic E-state index is 0.0272. The molecule has 0 unspecified atom stereocenters. The van der Waals surface area contributed by atoms with Crippen LogP contribution in [0, 0.1) is 23.0 Å². The van der Waals surface area contributed by atoms with Crippen molar-refractivity contribution in [2.45, 2.75) is 111 Å². The monoisotopic (exact) mass is 654 g/mol. The second-order valence-electron chi connectivity index (χ2n) is 14.1. The lowest BCUT2D eigenvalue weighted by atomic mass is 9.65. The number of aromatic nitrogens is 1. The molecule has 2 amide bonds. The summed E-state index contributed by atoms with van der Waals surface area (Å²) in [6, 6.07) is 2.85.